The summed E-state index contributed by atoms with van der Waals surface area (Å²) >= 11 is 0. The first-order valence-electron chi connectivity index (χ1n) is 4.32. The molecule has 0 bridgehead atoms. The van der Waals surface area contributed by atoms with E-state index in [4.69, 9.17) is 15.3 Å². The molecule has 0 spiro atoms. The summed E-state index contributed by atoms with van der Waals surface area (Å²) in [6.45, 7) is 3.81. The zero-order valence-electron chi connectivity index (χ0n) is 8.10. The van der Waals surface area contributed by atoms with Gasteiger partial charge in [-0.1, -0.05) is 13.8 Å². The van der Waals surface area contributed by atoms with E-state index in [2.05, 4.69) is 4.98 Å². The molecule has 72 valence electrons. The first kappa shape index (κ1) is 10.7. The van der Waals surface area contributed by atoms with Crippen LogP contribution >= 0.6 is 0 Å². The molecule has 0 saturated carbocycles. The van der Waals surface area contributed by atoms with Crippen LogP contribution in [0.1, 0.15) is 31.0 Å². The van der Waals surface area contributed by atoms with Crippen LogP contribution in [0.5, 0.6) is 0 Å². The maximum absolute atomic E-state index is 9.08. The molecule has 1 aromatic rings. The number of hydrogen-bond acceptors (Lipinski definition) is 4. The van der Waals surface area contributed by atoms with Crippen LogP contribution in [0.3, 0.4) is 0 Å². The Morgan fingerprint density at radius 2 is 2.14 bits per heavy atom. The van der Waals surface area contributed by atoms with E-state index in [1.54, 1.807) is 0 Å². The Labute approximate surface area is 83.0 Å². The van der Waals surface area contributed by atoms with Crippen LogP contribution in [0.15, 0.2) is 12.3 Å². The van der Waals surface area contributed by atoms with Crippen LogP contribution in [-0.4, -0.2) is 22.2 Å². The minimum absolute atomic E-state index is 0.0968. The van der Waals surface area contributed by atoms with Gasteiger partial charge in [-0.05, 0) is 12.0 Å². The molecular formula is C9H11BN2O2. The highest BCUT2D eigenvalue weighted by Gasteiger charge is 2.19. The molecule has 0 aromatic carbocycles. The van der Waals surface area contributed by atoms with E-state index < -0.39 is 7.12 Å². The summed E-state index contributed by atoms with van der Waals surface area (Å²) in [5, 5.41) is 26.8. The summed E-state index contributed by atoms with van der Waals surface area (Å²) in [6.07, 6.45) is 1.43. The van der Waals surface area contributed by atoms with E-state index in [1.165, 1.54) is 12.3 Å². The van der Waals surface area contributed by atoms with Gasteiger partial charge in [0.1, 0.15) is 6.07 Å². The van der Waals surface area contributed by atoms with Crippen molar-refractivity contribution in [2.45, 2.75) is 19.8 Å². The highest BCUT2D eigenvalue weighted by molar-refractivity contribution is 6.59. The summed E-state index contributed by atoms with van der Waals surface area (Å²) in [7, 11) is -1.58. The summed E-state index contributed by atoms with van der Waals surface area (Å²) in [6, 6.07) is 3.36. The van der Waals surface area contributed by atoms with E-state index in [1.807, 2.05) is 19.9 Å². The minimum atomic E-state index is -1.58. The molecule has 0 atom stereocenters. The Balaban J connectivity index is 3.26. The topological polar surface area (TPSA) is 77.1 Å². The first-order valence-corrected chi connectivity index (χ1v) is 4.32. The Hall–Kier alpha value is -1.38. The van der Waals surface area contributed by atoms with Gasteiger partial charge in [-0.3, -0.25) is 4.98 Å². The predicted octanol–water partition coefficient (Wildman–Crippen LogP) is -0.244. The normalized spacial score (nSPS) is 10.0. The highest BCUT2D eigenvalue weighted by Crippen LogP contribution is 2.09. The van der Waals surface area contributed by atoms with Crippen molar-refractivity contribution in [3.63, 3.8) is 0 Å². The Morgan fingerprint density at radius 1 is 1.50 bits per heavy atom. The monoisotopic (exact) mass is 190 g/mol. The number of hydrogen-bond donors (Lipinski definition) is 2. The third-order valence-electron chi connectivity index (χ3n) is 1.90. The van der Waals surface area contributed by atoms with E-state index in [0.717, 1.165) is 0 Å². The van der Waals surface area contributed by atoms with Crippen molar-refractivity contribution in [1.29, 1.82) is 5.26 Å². The molecule has 5 heteroatoms. The lowest BCUT2D eigenvalue weighted by atomic mass is 9.76. The van der Waals surface area contributed by atoms with Gasteiger partial charge in [0.15, 0.2) is 0 Å². The fourth-order valence-corrected chi connectivity index (χ4v) is 1.24. The predicted molar refractivity (Wildman–Crippen MR) is 52.9 cm³/mol. The molecule has 0 aliphatic carbocycles. The zero-order valence-corrected chi connectivity index (χ0v) is 8.10. The lowest BCUT2D eigenvalue weighted by molar-refractivity contribution is 0.425. The zero-order chi connectivity index (χ0) is 10.7. The van der Waals surface area contributed by atoms with Crippen LogP contribution in [-0.2, 0) is 0 Å². The molecule has 1 aromatic heterocycles. The number of pyridine rings is 1. The Kier molecular flexibility index (Phi) is 3.23. The first-order chi connectivity index (χ1) is 6.56. The number of rotatable bonds is 2. The maximum Gasteiger partial charge on any atom is 0.490 e. The summed E-state index contributed by atoms with van der Waals surface area (Å²) in [5.74, 6) is 0.0968. The van der Waals surface area contributed by atoms with Crippen molar-refractivity contribution in [1.82, 2.24) is 4.98 Å². The quantitative estimate of drug-likeness (QED) is 0.630. The van der Waals surface area contributed by atoms with Crippen molar-refractivity contribution in [2.24, 2.45) is 0 Å². The van der Waals surface area contributed by atoms with Gasteiger partial charge in [-0.15, -0.1) is 0 Å². The number of nitriles is 1. The summed E-state index contributed by atoms with van der Waals surface area (Å²) in [5.41, 5.74) is 1.25. The molecule has 1 rings (SSSR count). The molecular weight excluding hydrogens is 179 g/mol. The molecule has 0 unspecified atom stereocenters. The molecule has 0 aliphatic heterocycles. The molecule has 2 N–H and O–H groups in total. The molecule has 0 saturated heterocycles. The molecule has 14 heavy (non-hydrogen) atoms. The second kappa shape index (κ2) is 4.22. The molecule has 1 heterocycles. The molecule has 0 fully saturated rings. The largest absolute Gasteiger partial charge is 0.490 e. The average Bonchev–Trinajstić information content (AvgIpc) is 2.16. The van der Waals surface area contributed by atoms with Gasteiger partial charge in [0.05, 0.1) is 5.56 Å². The van der Waals surface area contributed by atoms with Gasteiger partial charge in [0.25, 0.3) is 0 Å². The van der Waals surface area contributed by atoms with Crippen LogP contribution < -0.4 is 5.46 Å². The van der Waals surface area contributed by atoms with Gasteiger partial charge in [0, 0.05) is 17.4 Å². The van der Waals surface area contributed by atoms with Crippen molar-refractivity contribution < 1.29 is 10.0 Å². The van der Waals surface area contributed by atoms with Crippen molar-refractivity contribution in [3.05, 3.63) is 23.5 Å². The van der Waals surface area contributed by atoms with Crippen molar-refractivity contribution in [2.75, 3.05) is 0 Å². The number of aromatic nitrogens is 1. The SMILES string of the molecule is CC(C)c1ncc(C#N)cc1B(O)O. The van der Waals surface area contributed by atoms with Gasteiger partial charge in [0.2, 0.25) is 0 Å². The van der Waals surface area contributed by atoms with E-state index >= 15 is 0 Å². The number of nitrogens with zero attached hydrogens (tertiary/aromatic N) is 2. The van der Waals surface area contributed by atoms with Gasteiger partial charge < -0.3 is 10.0 Å². The second-order valence-electron chi connectivity index (χ2n) is 3.34. The Morgan fingerprint density at radius 3 is 2.57 bits per heavy atom. The van der Waals surface area contributed by atoms with Crippen LogP contribution in [0, 0.1) is 11.3 Å². The Bertz CT molecular complexity index is 372. The lowest BCUT2D eigenvalue weighted by Gasteiger charge is -2.10. The van der Waals surface area contributed by atoms with Crippen LogP contribution in [0.2, 0.25) is 0 Å². The third kappa shape index (κ3) is 2.10. The van der Waals surface area contributed by atoms with Crippen molar-refractivity contribution in [3.8, 4) is 6.07 Å². The van der Waals surface area contributed by atoms with E-state index in [-0.39, 0.29) is 5.92 Å². The van der Waals surface area contributed by atoms with Crippen LogP contribution in [0.4, 0.5) is 0 Å². The van der Waals surface area contributed by atoms with Crippen LogP contribution in [0.25, 0.3) is 0 Å². The summed E-state index contributed by atoms with van der Waals surface area (Å²) in [4.78, 5) is 4.03. The smallest absolute Gasteiger partial charge is 0.423 e. The molecule has 0 aliphatic rings. The standard InChI is InChI=1S/C9H11BN2O2/c1-6(2)9-8(10(13)14)3-7(4-11)5-12-9/h3,5-6,13-14H,1-2H3. The third-order valence-corrected chi connectivity index (χ3v) is 1.90. The van der Waals surface area contributed by atoms with Gasteiger partial charge >= 0.3 is 7.12 Å². The second-order valence-corrected chi connectivity index (χ2v) is 3.34. The summed E-state index contributed by atoms with van der Waals surface area (Å²) < 4.78 is 0. The van der Waals surface area contributed by atoms with Crippen molar-refractivity contribution >= 4 is 12.6 Å². The molecule has 0 radical (unpaired) electrons. The lowest BCUT2D eigenvalue weighted by Crippen LogP contribution is -2.34. The minimum Gasteiger partial charge on any atom is -0.423 e. The highest BCUT2D eigenvalue weighted by atomic mass is 16.4. The van der Waals surface area contributed by atoms with E-state index in [0.29, 0.717) is 16.7 Å². The molecule has 4 nitrogen and oxygen atoms in total. The molecule has 0 amide bonds. The van der Waals surface area contributed by atoms with Gasteiger partial charge in [-0.2, -0.15) is 5.26 Å². The average molecular weight is 190 g/mol. The fraction of sp³-hybridized carbons (Fsp3) is 0.333. The fourth-order valence-electron chi connectivity index (χ4n) is 1.24. The van der Waals surface area contributed by atoms with Gasteiger partial charge in [-0.25, -0.2) is 0 Å². The maximum atomic E-state index is 9.08. The van der Waals surface area contributed by atoms with E-state index in [9.17, 15) is 0 Å².